The summed E-state index contributed by atoms with van der Waals surface area (Å²) in [5.74, 6) is -0.732. The number of carboxylic acid groups (broad SMARTS) is 1. The lowest BCUT2D eigenvalue weighted by Gasteiger charge is -2.37. The van der Waals surface area contributed by atoms with Gasteiger partial charge in [0.1, 0.15) is 6.04 Å². The number of carbonyl (C=O) groups excluding carboxylic acids is 1. The lowest BCUT2D eigenvalue weighted by atomic mass is 10.1. The van der Waals surface area contributed by atoms with Crippen molar-refractivity contribution in [2.75, 3.05) is 26.2 Å². The van der Waals surface area contributed by atoms with Gasteiger partial charge >= 0.3 is 5.97 Å². The van der Waals surface area contributed by atoms with Crippen molar-refractivity contribution in [1.29, 1.82) is 0 Å². The molecule has 19 heavy (non-hydrogen) atoms. The van der Waals surface area contributed by atoms with Crippen LogP contribution in [-0.4, -0.2) is 59.0 Å². The fraction of sp³-hybridized carbons (Fsp3) is 0.538. The Labute approximate surface area is 116 Å². The van der Waals surface area contributed by atoms with Gasteiger partial charge in [-0.2, -0.15) is 11.3 Å². The van der Waals surface area contributed by atoms with Crippen LogP contribution in [0.4, 0.5) is 0 Å². The average Bonchev–Trinajstić information content (AvgIpc) is 2.93. The molecule has 0 aromatic carbocycles. The largest absolute Gasteiger partial charge is 0.480 e. The Morgan fingerprint density at radius 1 is 1.37 bits per heavy atom. The maximum absolute atomic E-state index is 12.1. The third-order valence-electron chi connectivity index (χ3n) is 3.48. The van der Waals surface area contributed by atoms with Crippen molar-refractivity contribution in [2.24, 2.45) is 0 Å². The highest BCUT2D eigenvalue weighted by atomic mass is 32.1. The molecule has 1 aliphatic rings. The average molecular weight is 282 g/mol. The van der Waals surface area contributed by atoms with Crippen LogP contribution in [0.1, 0.15) is 23.7 Å². The number of thiophene rings is 1. The summed E-state index contributed by atoms with van der Waals surface area (Å²) in [4.78, 5) is 27.0. The number of carbonyl (C=O) groups is 2. The van der Waals surface area contributed by atoms with Crippen molar-refractivity contribution in [2.45, 2.75) is 19.4 Å². The monoisotopic (exact) mass is 282 g/mol. The van der Waals surface area contributed by atoms with Gasteiger partial charge in [-0.05, 0) is 17.9 Å². The molecule has 0 aliphatic carbocycles. The first-order chi connectivity index (χ1) is 9.13. The van der Waals surface area contributed by atoms with Crippen molar-refractivity contribution in [3.63, 3.8) is 0 Å². The second-order valence-corrected chi connectivity index (χ2v) is 5.38. The Kier molecular flexibility index (Phi) is 4.55. The molecule has 1 aliphatic heterocycles. The first-order valence-corrected chi connectivity index (χ1v) is 7.36. The second kappa shape index (κ2) is 6.16. The summed E-state index contributed by atoms with van der Waals surface area (Å²) >= 11 is 1.51. The van der Waals surface area contributed by atoms with E-state index in [9.17, 15) is 9.59 Å². The van der Waals surface area contributed by atoms with E-state index >= 15 is 0 Å². The first-order valence-electron chi connectivity index (χ1n) is 6.41. The highest BCUT2D eigenvalue weighted by Crippen LogP contribution is 2.14. The van der Waals surface area contributed by atoms with E-state index in [0.29, 0.717) is 32.6 Å². The zero-order valence-corrected chi connectivity index (χ0v) is 11.7. The summed E-state index contributed by atoms with van der Waals surface area (Å²) in [5.41, 5.74) is 0.726. The normalized spacial score (nSPS) is 18.3. The van der Waals surface area contributed by atoms with Crippen LogP contribution in [0, 0.1) is 0 Å². The van der Waals surface area contributed by atoms with Crippen molar-refractivity contribution in [3.05, 3.63) is 22.4 Å². The summed E-state index contributed by atoms with van der Waals surface area (Å²) in [6.45, 7) is 4.32. The van der Waals surface area contributed by atoms with Crippen LogP contribution in [0.25, 0.3) is 0 Å². The quantitative estimate of drug-likeness (QED) is 0.906. The predicted octanol–water partition coefficient (Wildman–Crippen LogP) is 1.37. The highest BCUT2D eigenvalue weighted by Gasteiger charge is 2.29. The van der Waals surface area contributed by atoms with Crippen LogP contribution in [0.2, 0.25) is 0 Å². The molecule has 0 radical (unpaired) electrons. The standard InChI is InChI=1S/C13H18N2O3S/c1-2-11(13(17)18)14-4-6-15(7-5-14)12(16)10-3-8-19-9-10/h3,8-9,11H,2,4-7H2,1H3,(H,17,18). The van der Waals surface area contributed by atoms with Crippen LogP contribution in [-0.2, 0) is 4.79 Å². The molecule has 104 valence electrons. The molecule has 1 amide bonds. The van der Waals surface area contributed by atoms with Gasteiger partial charge in [0.2, 0.25) is 0 Å². The van der Waals surface area contributed by atoms with Crippen molar-refractivity contribution in [1.82, 2.24) is 9.80 Å². The molecule has 1 unspecified atom stereocenters. The molecular formula is C13H18N2O3S. The molecule has 2 rings (SSSR count). The molecule has 1 aromatic heterocycles. The summed E-state index contributed by atoms with van der Waals surface area (Å²) < 4.78 is 0. The second-order valence-electron chi connectivity index (χ2n) is 4.60. The molecule has 0 spiro atoms. The molecule has 1 N–H and O–H groups in total. The van der Waals surface area contributed by atoms with Gasteiger partial charge < -0.3 is 10.0 Å². The highest BCUT2D eigenvalue weighted by molar-refractivity contribution is 7.08. The first kappa shape index (κ1) is 14.0. The van der Waals surface area contributed by atoms with Gasteiger partial charge in [0.25, 0.3) is 5.91 Å². The SMILES string of the molecule is CCC(C(=O)O)N1CCN(C(=O)c2ccsc2)CC1. The minimum atomic E-state index is -0.778. The fourth-order valence-corrected chi connectivity index (χ4v) is 3.02. The maximum atomic E-state index is 12.1. The van der Waals surface area contributed by atoms with Crippen molar-refractivity contribution in [3.8, 4) is 0 Å². The molecule has 5 nitrogen and oxygen atoms in total. The van der Waals surface area contributed by atoms with Gasteiger partial charge in [0.15, 0.2) is 0 Å². The molecule has 6 heteroatoms. The fourth-order valence-electron chi connectivity index (χ4n) is 2.39. The third-order valence-corrected chi connectivity index (χ3v) is 4.17. The Morgan fingerprint density at radius 2 is 2.05 bits per heavy atom. The Hall–Kier alpha value is -1.40. The Morgan fingerprint density at radius 3 is 2.53 bits per heavy atom. The number of hydrogen-bond donors (Lipinski definition) is 1. The van der Waals surface area contributed by atoms with Gasteiger partial charge in [-0.3, -0.25) is 14.5 Å². The van der Waals surface area contributed by atoms with E-state index in [1.807, 2.05) is 28.7 Å². The Balaban J connectivity index is 1.92. The summed E-state index contributed by atoms with van der Waals surface area (Å²) in [6, 6.07) is 1.39. The van der Waals surface area contributed by atoms with Gasteiger partial charge in [-0.15, -0.1) is 0 Å². The van der Waals surface area contributed by atoms with Gasteiger partial charge in [-0.25, -0.2) is 0 Å². The molecule has 1 saturated heterocycles. The topological polar surface area (TPSA) is 60.9 Å². The third kappa shape index (κ3) is 3.13. The molecule has 0 bridgehead atoms. The molecule has 1 aromatic rings. The number of rotatable bonds is 4. The number of aliphatic carboxylic acids is 1. The lowest BCUT2D eigenvalue weighted by molar-refractivity contribution is -0.144. The van der Waals surface area contributed by atoms with E-state index in [4.69, 9.17) is 5.11 Å². The molecule has 1 fully saturated rings. The van der Waals surface area contributed by atoms with Crippen LogP contribution in [0.5, 0.6) is 0 Å². The minimum absolute atomic E-state index is 0.0456. The Bertz CT molecular complexity index is 439. The summed E-state index contributed by atoms with van der Waals surface area (Å²) in [6.07, 6.45) is 0.591. The van der Waals surface area contributed by atoms with Gasteiger partial charge in [0.05, 0.1) is 5.56 Å². The predicted molar refractivity (Wildman–Crippen MR) is 73.5 cm³/mol. The van der Waals surface area contributed by atoms with E-state index in [0.717, 1.165) is 5.56 Å². The molecule has 2 heterocycles. The van der Waals surface area contributed by atoms with E-state index in [-0.39, 0.29) is 5.91 Å². The zero-order chi connectivity index (χ0) is 13.8. The van der Waals surface area contributed by atoms with E-state index in [2.05, 4.69) is 0 Å². The molecular weight excluding hydrogens is 264 g/mol. The zero-order valence-electron chi connectivity index (χ0n) is 10.9. The molecule has 1 atom stereocenters. The van der Waals surface area contributed by atoms with E-state index < -0.39 is 12.0 Å². The number of amides is 1. The lowest BCUT2D eigenvalue weighted by Crippen LogP contribution is -2.53. The number of nitrogens with zero attached hydrogens (tertiary/aromatic N) is 2. The van der Waals surface area contributed by atoms with Crippen LogP contribution in [0.3, 0.4) is 0 Å². The molecule has 0 saturated carbocycles. The van der Waals surface area contributed by atoms with Crippen molar-refractivity contribution >= 4 is 23.2 Å². The van der Waals surface area contributed by atoms with Gasteiger partial charge in [-0.1, -0.05) is 6.92 Å². The number of hydrogen-bond acceptors (Lipinski definition) is 4. The van der Waals surface area contributed by atoms with Gasteiger partial charge in [0, 0.05) is 31.6 Å². The smallest absolute Gasteiger partial charge is 0.320 e. The van der Waals surface area contributed by atoms with Crippen LogP contribution >= 0.6 is 11.3 Å². The maximum Gasteiger partial charge on any atom is 0.320 e. The summed E-state index contributed by atoms with van der Waals surface area (Å²) in [5, 5.41) is 12.9. The number of carboxylic acids is 1. The minimum Gasteiger partial charge on any atom is -0.480 e. The van der Waals surface area contributed by atoms with Crippen LogP contribution in [0.15, 0.2) is 16.8 Å². The van der Waals surface area contributed by atoms with Crippen LogP contribution < -0.4 is 0 Å². The number of piperazine rings is 1. The van der Waals surface area contributed by atoms with Crippen molar-refractivity contribution < 1.29 is 14.7 Å². The summed E-state index contributed by atoms with van der Waals surface area (Å²) in [7, 11) is 0. The van der Waals surface area contributed by atoms with E-state index in [1.165, 1.54) is 11.3 Å². The van der Waals surface area contributed by atoms with E-state index in [1.54, 1.807) is 4.90 Å².